The van der Waals surface area contributed by atoms with Crippen molar-refractivity contribution in [3.05, 3.63) is 0 Å². The summed E-state index contributed by atoms with van der Waals surface area (Å²) < 4.78 is 0. The van der Waals surface area contributed by atoms with Crippen molar-refractivity contribution in [2.75, 3.05) is 5.75 Å². The summed E-state index contributed by atoms with van der Waals surface area (Å²) in [5.41, 5.74) is 5.64. The molecule has 0 heterocycles. The van der Waals surface area contributed by atoms with Crippen LogP contribution in [0.15, 0.2) is 0 Å². The highest BCUT2D eigenvalue weighted by Gasteiger charge is 2.29. The van der Waals surface area contributed by atoms with Gasteiger partial charge in [0.15, 0.2) is 0 Å². The molecule has 0 aromatic heterocycles. The monoisotopic (exact) mass is 335 g/mol. The Morgan fingerprint density at radius 3 is 1.91 bits per heavy atom. The predicted octanol–water partition coefficient (Wildman–Crippen LogP) is -1.57. The Kier molecular flexibility index (Phi) is 8.50. The summed E-state index contributed by atoms with van der Waals surface area (Å²) in [6.45, 7) is 3.46. The van der Waals surface area contributed by atoms with Crippen LogP contribution in [0.25, 0.3) is 0 Å². The molecular formula is C12H21N3O6S. The van der Waals surface area contributed by atoms with Crippen molar-refractivity contribution in [2.45, 2.75) is 38.4 Å². The van der Waals surface area contributed by atoms with Gasteiger partial charge in [-0.1, -0.05) is 13.8 Å². The number of thiol groups is 1. The Bertz CT molecular complexity index is 443. The largest absolute Gasteiger partial charge is 0.481 e. The van der Waals surface area contributed by atoms with E-state index in [0.717, 1.165) is 0 Å². The minimum absolute atomic E-state index is 0.0954. The molecule has 9 nitrogen and oxygen atoms in total. The van der Waals surface area contributed by atoms with Gasteiger partial charge < -0.3 is 26.6 Å². The molecule has 0 aromatic carbocycles. The van der Waals surface area contributed by atoms with E-state index >= 15 is 0 Å². The van der Waals surface area contributed by atoms with Crippen molar-refractivity contribution in [2.24, 2.45) is 11.7 Å². The van der Waals surface area contributed by atoms with Gasteiger partial charge in [0.1, 0.15) is 12.1 Å². The van der Waals surface area contributed by atoms with Gasteiger partial charge in [-0.05, 0) is 5.92 Å². The van der Waals surface area contributed by atoms with E-state index in [1.807, 2.05) is 5.32 Å². The summed E-state index contributed by atoms with van der Waals surface area (Å²) in [5.74, 6) is -4.52. The van der Waals surface area contributed by atoms with Gasteiger partial charge in [0.2, 0.25) is 11.8 Å². The molecule has 0 aliphatic rings. The third-order valence-electron chi connectivity index (χ3n) is 2.83. The van der Waals surface area contributed by atoms with E-state index in [1.165, 1.54) is 0 Å². The molecule has 0 aliphatic carbocycles. The first-order chi connectivity index (χ1) is 10.1. The Labute approximate surface area is 133 Å². The number of amides is 2. The van der Waals surface area contributed by atoms with Crippen LogP contribution in [0, 0.1) is 5.92 Å². The molecule has 22 heavy (non-hydrogen) atoms. The molecule has 0 aromatic rings. The SMILES string of the molecule is CC(C)C(N)C(=O)NC(CS)C(=O)NC(CC(=O)O)C(=O)O. The zero-order chi connectivity index (χ0) is 17.4. The summed E-state index contributed by atoms with van der Waals surface area (Å²) in [6, 6.07) is -3.54. The van der Waals surface area contributed by atoms with Crippen molar-refractivity contribution in [3.63, 3.8) is 0 Å². The number of carbonyl (C=O) groups excluding carboxylic acids is 2. The van der Waals surface area contributed by atoms with Crippen molar-refractivity contribution in [1.29, 1.82) is 0 Å². The van der Waals surface area contributed by atoms with Crippen LogP contribution in [0.5, 0.6) is 0 Å². The lowest BCUT2D eigenvalue weighted by molar-refractivity contribution is -0.147. The maximum absolute atomic E-state index is 11.9. The normalized spacial score (nSPS) is 14.8. The van der Waals surface area contributed by atoms with E-state index in [1.54, 1.807) is 13.8 Å². The van der Waals surface area contributed by atoms with E-state index in [4.69, 9.17) is 15.9 Å². The lowest BCUT2D eigenvalue weighted by Crippen LogP contribution is -2.56. The highest BCUT2D eigenvalue weighted by molar-refractivity contribution is 7.80. The van der Waals surface area contributed by atoms with Gasteiger partial charge in [-0.15, -0.1) is 0 Å². The van der Waals surface area contributed by atoms with Crippen molar-refractivity contribution in [1.82, 2.24) is 10.6 Å². The summed E-state index contributed by atoms with van der Waals surface area (Å²) in [6.07, 6.45) is -0.778. The number of carboxylic acid groups (broad SMARTS) is 2. The van der Waals surface area contributed by atoms with Crippen LogP contribution in [-0.2, 0) is 19.2 Å². The standard InChI is InChI=1S/C12H21N3O6S/c1-5(2)9(13)11(19)15-7(4-22)10(18)14-6(12(20)21)3-8(16)17/h5-7,9,22H,3-4,13H2,1-2H3,(H,14,18)(H,15,19)(H,16,17)(H,20,21). The van der Waals surface area contributed by atoms with Crippen molar-refractivity contribution >= 4 is 36.4 Å². The van der Waals surface area contributed by atoms with E-state index < -0.39 is 48.3 Å². The third kappa shape index (κ3) is 6.76. The zero-order valence-electron chi connectivity index (χ0n) is 12.3. The predicted molar refractivity (Wildman–Crippen MR) is 80.4 cm³/mol. The zero-order valence-corrected chi connectivity index (χ0v) is 13.2. The second-order valence-electron chi connectivity index (χ2n) is 5.01. The Morgan fingerprint density at radius 2 is 1.55 bits per heavy atom. The van der Waals surface area contributed by atoms with Gasteiger partial charge in [-0.3, -0.25) is 14.4 Å². The molecule has 2 amide bonds. The van der Waals surface area contributed by atoms with Crippen LogP contribution in [0.3, 0.4) is 0 Å². The van der Waals surface area contributed by atoms with E-state index in [-0.39, 0.29) is 11.7 Å². The maximum atomic E-state index is 11.9. The molecule has 0 saturated heterocycles. The summed E-state index contributed by atoms with van der Waals surface area (Å²) >= 11 is 3.91. The molecule has 3 atom stereocenters. The van der Waals surface area contributed by atoms with Crippen LogP contribution >= 0.6 is 12.6 Å². The maximum Gasteiger partial charge on any atom is 0.326 e. The summed E-state index contributed by atoms with van der Waals surface area (Å²) in [5, 5.41) is 21.9. The third-order valence-corrected chi connectivity index (χ3v) is 3.20. The second-order valence-corrected chi connectivity index (χ2v) is 5.38. The highest BCUT2D eigenvalue weighted by atomic mass is 32.1. The van der Waals surface area contributed by atoms with Gasteiger partial charge in [0, 0.05) is 5.75 Å². The number of hydrogen-bond acceptors (Lipinski definition) is 6. The Hall–Kier alpha value is -1.81. The second kappa shape index (κ2) is 9.26. The van der Waals surface area contributed by atoms with Crippen LogP contribution in [0.2, 0.25) is 0 Å². The van der Waals surface area contributed by atoms with E-state index in [2.05, 4.69) is 17.9 Å². The van der Waals surface area contributed by atoms with Gasteiger partial charge >= 0.3 is 11.9 Å². The molecule has 10 heteroatoms. The molecule has 0 aliphatic heterocycles. The fourth-order valence-electron chi connectivity index (χ4n) is 1.41. The van der Waals surface area contributed by atoms with Crippen LogP contribution in [0.4, 0.5) is 0 Å². The van der Waals surface area contributed by atoms with Gasteiger partial charge in [-0.2, -0.15) is 12.6 Å². The number of hydrogen-bond donors (Lipinski definition) is 6. The first kappa shape index (κ1) is 20.2. The van der Waals surface area contributed by atoms with Crippen LogP contribution in [-0.4, -0.2) is 57.8 Å². The molecule has 0 fully saturated rings. The number of carbonyl (C=O) groups is 4. The smallest absolute Gasteiger partial charge is 0.326 e. The molecule has 0 bridgehead atoms. The van der Waals surface area contributed by atoms with E-state index in [0.29, 0.717) is 0 Å². The number of nitrogens with two attached hydrogens (primary N) is 1. The summed E-state index contributed by atoms with van der Waals surface area (Å²) in [4.78, 5) is 45.2. The number of nitrogens with one attached hydrogen (secondary N) is 2. The number of rotatable bonds is 9. The first-order valence-corrected chi connectivity index (χ1v) is 7.15. The highest BCUT2D eigenvalue weighted by Crippen LogP contribution is 2.01. The number of aliphatic carboxylic acids is 2. The van der Waals surface area contributed by atoms with Gasteiger partial charge in [0.25, 0.3) is 0 Å². The van der Waals surface area contributed by atoms with Crippen LogP contribution in [0.1, 0.15) is 20.3 Å². The van der Waals surface area contributed by atoms with Gasteiger partial charge in [0.05, 0.1) is 12.5 Å². The minimum Gasteiger partial charge on any atom is -0.481 e. The van der Waals surface area contributed by atoms with Crippen molar-refractivity contribution < 1.29 is 29.4 Å². The number of carboxylic acids is 2. The molecule has 0 spiro atoms. The average Bonchev–Trinajstić information content (AvgIpc) is 2.41. The lowest BCUT2D eigenvalue weighted by atomic mass is 10.0. The van der Waals surface area contributed by atoms with Gasteiger partial charge in [-0.25, -0.2) is 4.79 Å². The molecule has 126 valence electrons. The topological polar surface area (TPSA) is 159 Å². The minimum atomic E-state index is -1.59. The molecular weight excluding hydrogens is 314 g/mol. The molecule has 3 unspecified atom stereocenters. The van der Waals surface area contributed by atoms with E-state index in [9.17, 15) is 19.2 Å². The fraction of sp³-hybridized carbons (Fsp3) is 0.667. The summed E-state index contributed by atoms with van der Waals surface area (Å²) in [7, 11) is 0. The quantitative estimate of drug-likeness (QED) is 0.278. The fourth-order valence-corrected chi connectivity index (χ4v) is 1.67. The molecule has 0 saturated carbocycles. The average molecular weight is 335 g/mol. The molecule has 6 N–H and O–H groups in total. The van der Waals surface area contributed by atoms with Crippen molar-refractivity contribution in [3.8, 4) is 0 Å². The van der Waals surface area contributed by atoms with Crippen LogP contribution < -0.4 is 16.4 Å². The first-order valence-electron chi connectivity index (χ1n) is 6.51. The molecule has 0 radical (unpaired) electrons. The lowest BCUT2D eigenvalue weighted by Gasteiger charge is -2.22. The Balaban J connectivity index is 4.80. The Morgan fingerprint density at radius 1 is 1.05 bits per heavy atom. The molecule has 0 rings (SSSR count).